The Bertz CT molecular complexity index is 1150. The summed E-state index contributed by atoms with van der Waals surface area (Å²) in [5.74, 6) is -1.00. The van der Waals surface area contributed by atoms with Crippen LogP contribution in [0.1, 0.15) is 15.9 Å². The van der Waals surface area contributed by atoms with E-state index >= 15 is 0 Å². The van der Waals surface area contributed by atoms with Crippen molar-refractivity contribution in [3.05, 3.63) is 70.1 Å². The molecule has 2 heterocycles. The van der Waals surface area contributed by atoms with Gasteiger partial charge < -0.3 is 5.11 Å². The number of aromatic amines is 1. The fraction of sp³-hybridized carbons (Fsp3) is 0.0556. The molecule has 0 aliphatic heterocycles. The Morgan fingerprint density at radius 2 is 1.88 bits per heavy atom. The van der Waals surface area contributed by atoms with Crippen molar-refractivity contribution >= 4 is 27.8 Å². The number of hydrogen-bond acceptors (Lipinski definition) is 3. The normalized spacial score (nSPS) is 11.2. The number of carbonyl (C=O) groups is 1. The highest BCUT2D eigenvalue weighted by molar-refractivity contribution is 6.03. The van der Waals surface area contributed by atoms with E-state index in [2.05, 4.69) is 10.1 Å². The number of aromatic nitrogens is 3. The molecule has 6 heteroatoms. The lowest BCUT2D eigenvalue weighted by Crippen LogP contribution is -2.14. The first-order chi connectivity index (χ1) is 11.6. The zero-order valence-corrected chi connectivity index (χ0v) is 12.8. The second kappa shape index (κ2) is 5.06. The van der Waals surface area contributed by atoms with Crippen LogP contribution in [0, 0.1) is 6.92 Å². The summed E-state index contributed by atoms with van der Waals surface area (Å²) in [5, 5.41) is 13.5. The molecular weight excluding hydrogens is 306 g/mol. The lowest BCUT2D eigenvalue weighted by Gasteiger charge is -2.02. The van der Waals surface area contributed by atoms with Crippen molar-refractivity contribution in [2.45, 2.75) is 6.92 Å². The highest BCUT2D eigenvalue weighted by atomic mass is 16.4. The van der Waals surface area contributed by atoms with E-state index < -0.39 is 5.97 Å². The van der Waals surface area contributed by atoms with Crippen molar-refractivity contribution in [3.8, 4) is 5.69 Å². The average molecular weight is 319 g/mol. The minimum absolute atomic E-state index is 0.172. The van der Waals surface area contributed by atoms with Crippen LogP contribution in [0.15, 0.2) is 53.5 Å². The van der Waals surface area contributed by atoms with Crippen LogP contribution >= 0.6 is 0 Å². The van der Waals surface area contributed by atoms with Crippen LogP contribution < -0.4 is 5.56 Å². The molecule has 0 spiro atoms. The van der Waals surface area contributed by atoms with Gasteiger partial charge in [-0.1, -0.05) is 18.2 Å². The van der Waals surface area contributed by atoms with Gasteiger partial charge >= 0.3 is 5.97 Å². The van der Waals surface area contributed by atoms with Crippen LogP contribution in [-0.4, -0.2) is 25.8 Å². The molecule has 24 heavy (non-hydrogen) atoms. The topological polar surface area (TPSA) is 88.0 Å². The van der Waals surface area contributed by atoms with Gasteiger partial charge in [0.1, 0.15) is 0 Å². The van der Waals surface area contributed by atoms with Gasteiger partial charge in [0, 0.05) is 11.6 Å². The molecule has 2 N–H and O–H groups in total. The SMILES string of the molecule is Cc1cccc2c1ncc1c(=O)n(-c3ccc(C(=O)O)cc3)[nH]c12. The number of carboxylic acid groups (broad SMARTS) is 1. The molecule has 0 amide bonds. The number of nitrogens with zero attached hydrogens (tertiary/aromatic N) is 2. The predicted octanol–water partition coefficient (Wildman–Crippen LogP) is 2.87. The number of nitrogens with one attached hydrogen (secondary N) is 1. The largest absolute Gasteiger partial charge is 0.478 e. The van der Waals surface area contributed by atoms with E-state index in [0.717, 1.165) is 22.0 Å². The highest BCUT2D eigenvalue weighted by Gasteiger charge is 2.13. The third-order valence-corrected chi connectivity index (χ3v) is 4.13. The predicted molar refractivity (Wildman–Crippen MR) is 90.9 cm³/mol. The molecule has 118 valence electrons. The van der Waals surface area contributed by atoms with E-state index in [1.165, 1.54) is 16.8 Å². The number of aromatic carboxylic acids is 1. The number of hydrogen-bond donors (Lipinski definition) is 2. The first-order valence-corrected chi connectivity index (χ1v) is 7.39. The standard InChI is InChI=1S/C18H13N3O3/c1-10-3-2-4-13-15(10)19-9-14-16(13)20-21(17(14)22)12-7-5-11(6-8-12)18(23)24/h2-9,20H,1H3,(H,23,24). The minimum atomic E-state index is -1.00. The van der Waals surface area contributed by atoms with Crippen molar-refractivity contribution in [2.24, 2.45) is 0 Å². The number of carboxylic acids is 1. The Morgan fingerprint density at radius 3 is 2.58 bits per heavy atom. The number of fused-ring (bicyclic) bond motifs is 3. The number of aryl methyl sites for hydroxylation is 1. The Kier molecular flexibility index (Phi) is 2.99. The fourth-order valence-electron chi connectivity index (χ4n) is 2.87. The Hall–Kier alpha value is -3.41. The summed E-state index contributed by atoms with van der Waals surface area (Å²) in [5.41, 5.74) is 3.13. The summed E-state index contributed by atoms with van der Waals surface area (Å²) in [6.07, 6.45) is 1.58. The Balaban J connectivity index is 1.98. The van der Waals surface area contributed by atoms with Gasteiger partial charge in [0.25, 0.3) is 5.56 Å². The van der Waals surface area contributed by atoms with Gasteiger partial charge in [-0.05, 0) is 36.8 Å². The third-order valence-electron chi connectivity index (χ3n) is 4.13. The summed E-state index contributed by atoms with van der Waals surface area (Å²) in [7, 11) is 0. The van der Waals surface area contributed by atoms with Crippen molar-refractivity contribution in [1.29, 1.82) is 0 Å². The van der Waals surface area contributed by atoms with E-state index in [-0.39, 0.29) is 11.1 Å². The molecule has 2 aromatic carbocycles. The summed E-state index contributed by atoms with van der Waals surface area (Å²) in [6.45, 7) is 1.97. The molecule has 0 saturated carbocycles. The zero-order chi connectivity index (χ0) is 16.8. The summed E-state index contributed by atoms with van der Waals surface area (Å²) >= 11 is 0. The number of para-hydroxylation sites is 1. The molecule has 6 nitrogen and oxygen atoms in total. The summed E-state index contributed by atoms with van der Waals surface area (Å²) < 4.78 is 1.40. The van der Waals surface area contributed by atoms with Crippen molar-refractivity contribution in [3.63, 3.8) is 0 Å². The van der Waals surface area contributed by atoms with Crippen LogP contribution in [-0.2, 0) is 0 Å². The molecule has 2 aromatic heterocycles. The number of benzene rings is 2. The molecule has 0 bridgehead atoms. The minimum Gasteiger partial charge on any atom is -0.478 e. The summed E-state index contributed by atoms with van der Waals surface area (Å²) in [4.78, 5) is 28.0. The van der Waals surface area contributed by atoms with E-state index in [4.69, 9.17) is 5.11 Å². The molecule has 4 rings (SSSR count). The van der Waals surface area contributed by atoms with Gasteiger partial charge in [-0.25, -0.2) is 9.48 Å². The first kappa shape index (κ1) is 14.2. The molecule has 0 atom stereocenters. The number of rotatable bonds is 2. The Labute approximate surface area is 136 Å². The maximum Gasteiger partial charge on any atom is 0.335 e. The van der Waals surface area contributed by atoms with Crippen LogP contribution in [0.5, 0.6) is 0 Å². The maximum absolute atomic E-state index is 12.7. The van der Waals surface area contributed by atoms with E-state index in [1.54, 1.807) is 18.3 Å². The maximum atomic E-state index is 12.7. The quantitative estimate of drug-likeness (QED) is 0.594. The lowest BCUT2D eigenvalue weighted by atomic mass is 10.1. The van der Waals surface area contributed by atoms with Crippen LogP contribution in [0.3, 0.4) is 0 Å². The molecule has 0 saturated heterocycles. The van der Waals surface area contributed by atoms with Gasteiger partial charge in [-0.15, -0.1) is 0 Å². The van der Waals surface area contributed by atoms with E-state index in [0.29, 0.717) is 11.1 Å². The molecule has 0 aliphatic carbocycles. The van der Waals surface area contributed by atoms with E-state index in [9.17, 15) is 9.59 Å². The van der Waals surface area contributed by atoms with Crippen molar-refractivity contribution < 1.29 is 9.90 Å². The van der Waals surface area contributed by atoms with Gasteiger partial charge in [0.2, 0.25) is 0 Å². The average Bonchev–Trinajstić information content (AvgIpc) is 2.93. The second-order valence-corrected chi connectivity index (χ2v) is 5.62. The lowest BCUT2D eigenvalue weighted by molar-refractivity contribution is 0.0697. The monoisotopic (exact) mass is 319 g/mol. The van der Waals surface area contributed by atoms with Crippen LogP contribution in [0.4, 0.5) is 0 Å². The Morgan fingerprint density at radius 1 is 1.12 bits per heavy atom. The molecule has 0 fully saturated rings. The van der Waals surface area contributed by atoms with Crippen LogP contribution in [0.2, 0.25) is 0 Å². The molecule has 0 radical (unpaired) electrons. The van der Waals surface area contributed by atoms with Crippen LogP contribution in [0.25, 0.3) is 27.5 Å². The van der Waals surface area contributed by atoms with Crippen molar-refractivity contribution in [1.82, 2.24) is 14.8 Å². The smallest absolute Gasteiger partial charge is 0.335 e. The van der Waals surface area contributed by atoms with Gasteiger partial charge in [-0.2, -0.15) is 0 Å². The van der Waals surface area contributed by atoms with E-state index in [1.807, 2.05) is 25.1 Å². The molecule has 4 aromatic rings. The summed E-state index contributed by atoms with van der Waals surface area (Å²) in [6, 6.07) is 12.0. The fourth-order valence-corrected chi connectivity index (χ4v) is 2.87. The highest BCUT2D eigenvalue weighted by Crippen LogP contribution is 2.23. The van der Waals surface area contributed by atoms with Crippen molar-refractivity contribution in [2.75, 3.05) is 0 Å². The second-order valence-electron chi connectivity index (χ2n) is 5.62. The third kappa shape index (κ3) is 2.00. The first-order valence-electron chi connectivity index (χ1n) is 7.39. The van der Waals surface area contributed by atoms with Gasteiger partial charge in [0.05, 0.1) is 27.7 Å². The number of H-pyrrole nitrogens is 1. The van der Waals surface area contributed by atoms with Gasteiger partial charge in [0.15, 0.2) is 0 Å². The molecular formula is C18H13N3O3. The number of pyridine rings is 1. The van der Waals surface area contributed by atoms with Gasteiger partial charge in [-0.3, -0.25) is 14.9 Å². The molecule has 0 unspecified atom stereocenters. The zero-order valence-electron chi connectivity index (χ0n) is 12.8. The molecule has 0 aliphatic rings.